The number of anilines is 1. The molecule has 2 aromatic rings. The Labute approximate surface area is 138 Å². The van der Waals surface area contributed by atoms with Crippen LogP contribution in [0.1, 0.15) is 5.56 Å². The molecule has 3 rings (SSSR count). The third-order valence-corrected chi connectivity index (χ3v) is 4.75. The maximum Gasteiger partial charge on any atom is 0.324 e. The first kappa shape index (κ1) is 15.6. The minimum Gasteiger partial charge on any atom is -0.397 e. The lowest BCUT2D eigenvalue weighted by atomic mass is 10.2. The molecule has 6 heteroatoms. The van der Waals surface area contributed by atoms with Crippen molar-refractivity contribution in [1.29, 1.82) is 0 Å². The van der Waals surface area contributed by atoms with Crippen LogP contribution in [0.3, 0.4) is 0 Å². The number of likely N-dealkylation sites (N-methyl/N-ethyl adjacent to an activating group) is 1. The number of rotatable bonds is 4. The molecular formula is C17H18N2O3S. The van der Waals surface area contributed by atoms with Crippen LogP contribution in [0.5, 0.6) is 5.75 Å². The van der Waals surface area contributed by atoms with Crippen molar-refractivity contribution in [2.24, 2.45) is 0 Å². The third-order valence-electron chi connectivity index (χ3n) is 3.75. The minimum absolute atomic E-state index is 0.0187. The normalized spacial score (nSPS) is 15.8. The van der Waals surface area contributed by atoms with E-state index in [0.717, 1.165) is 11.3 Å². The predicted octanol–water partition coefficient (Wildman–Crippen LogP) is 2.97. The number of carbonyl (C=O) groups excluding carboxylic acids is 1. The maximum atomic E-state index is 12.2. The summed E-state index contributed by atoms with van der Waals surface area (Å²) < 4.78 is 17.7. The largest absolute Gasteiger partial charge is 0.397 e. The molecule has 1 heterocycles. The van der Waals surface area contributed by atoms with Crippen LogP contribution < -0.4 is 9.08 Å². The van der Waals surface area contributed by atoms with Crippen molar-refractivity contribution in [3.8, 4) is 5.75 Å². The van der Waals surface area contributed by atoms with Gasteiger partial charge in [0.15, 0.2) is 0 Å². The van der Waals surface area contributed by atoms with Crippen LogP contribution in [-0.4, -0.2) is 35.3 Å². The average Bonchev–Trinajstić information content (AvgIpc) is 2.89. The fraction of sp³-hybridized carbons (Fsp3) is 0.235. The minimum atomic E-state index is -1.58. The highest BCUT2D eigenvalue weighted by molar-refractivity contribution is 7.80. The van der Waals surface area contributed by atoms with Gasteiger partial charge in [0.2, 0.25) is 11.1 Å². The molecule has 1 saturated heterocycles. The zero-order chi connectivity index (χ0) is 16.4. The molecule has 1 unspecified atom stereocenters. The lowest BCUT2D eigenvalue weighted by Gasteiger charge is -2.16. The molecule has 0 bridgehead atoms. The number of amides is 2. The van der Waals surface area contributed by atoms with E-state index >= 15 is 0 Å². The van der Waals surface area contributed by atoms with E-state index in [9.17, 15) is 9.00 Å². The smallest absolute Gasteiger partial charge is 0.324 e. The summed E-state index contributed by atoms with van der Waals surface area (Å²) in [6.07, 6.45) is 0. The number of hydrogen-bond donors (Lipinski definition) is 0. The Morgan fingerprint density at radius 3 is 2.22 bits per heavy atom. The summed E-state index contributed by atoms with van der Waals surface area (Å²) >= 11 is -1.58. The van der Waals surface area contributed by atoms with E-state index in [0.29, 0.717) is 23.7 Å². The standard InChI is InChI=1S/C17H18N2O3S/c1-13-3-7-15(8-4-13)22-23(21)16-9-5-14(6-10-16)19-12-11-18(2)17(19)20/h3-10H,11-12H2,1-2H3. The Morgan fingerprint density at radius 2 is 1.65 bits per heavy atom. The fourth-order valence-corrected chi connectivity index (χ4v) is 3.09. The highest BCUT2D eigenvalue weighted by Crippen LogP contribution is 2.22. The number of urea groups is 1. The Hall–Kier alpha value is -2.34. The van der Waals surface area contributed by atoms with Crippen LogP contribution in [-0.2, 0) is 11.1 Å². The molecule has 1 aliphatic heterocycles. The third kappa shape index (κ3) is 3.37. The van der Waals surface area contributed by atoms with Crippen molar-refractivity contribution >= 4 is 22.8 Å². The van der Waals surface area contributed by atoms with Gasteiger partial charge in [0, 0.05) is 25.8 Å². The van der Waals surface area contributed by atoms with E-state index in [1.807, 2.05) is 19.1 Å². The van der Waals surface area contributed by atoms with Crippen molar-refractivity contribution in [3.05, 3.63) is 54.1 Å². The molecule has 1 fully saturated rings. The van der Waals surface area contributed by atoms with Crippen LogP contribution in [0.25, 0.3) is 0 Å². The van der Waals surface area contributed by atoms with Gasteiger partial charge in [0.1, 0.15) is 5.75 Å². The number of carbonyl (C=O) groups is 1. The second-order valence-electron chi connectivity index (χ2n) is 5.48. The molecule has 0 radical (unpaired) electrons. The van der Waals surface area contributed by atoms with Gasteiger partial charge in [0.05, 0.1) is 4.90 Å². The molecule has 0 aliphatic carbocycles. The van der Waals surface area contributed by atoms with Gasteiger partial charge in [-0.1, -0.05) is 17.7 Å². The Kier molecular flexibility index (Phi) is 4.34. The van der Waals surface area contributed by atoms with Crippen LogP contribution >= 0.6 is 0 Å². The highest BCUT2D eigenvalue weighted by Gasteiger charge is 2.26. The van der Waals surface area contributed by atoms with Gasteiger partial charge in [-0.2, -0.15) is 0 Å². The SMILES string of the molecule is Cc1ccc(OS(=O)c2ccc(N3CCN(C)C3=O)cc2)cc1. The second-order valence-corrected chi connectivity index (χ2v) is 6.59. The summed E-state index contributed by atoms with van der Waals surface area (Å²) in [6, 6.07) is 14.4. The fourth-order valence-electron chi connectivity index (χ4n) is 2.35. The first-order valence-corrected chi connectivity index (χ1v) is 8.41. The zero-order valence-corrected chi connectivity index (χ0v) is 13.9. The van der Waals surface area contributed by atoms with Gasteiger partial charge in [-0.25, -0.2) is 9.00 Å². The van der Waals surface area contributed by atoms with E-state index in [4.69, 9.17) is 4.18 Å². The Balaban J connectivity index is 1.70. The molecule has 0 saturated carbocycles. The topological polar surface area (TPSA) is 49.9 Å². The summed E-state index contributed by atoms with van der Waals surface area (Å²) in [7, 11) is 1.78. The molecule has 1 atom stereocenters. The lowest BCUT2D eigenvalue weighted by Crippen LogP contribution is -2.29. The van der Waals surface area contributed by atoms with E-state index < -0.39 is 11.1 Å². The van der Waals surface area contributed by atoms with Crippen LogP contribution in [0, 0.1) is 6.92 Å². The van der Waals surface area contributed by atoms with Crippen molar-refractivity contribution in [1.82, 2.24) is 4.90 Å². The predicted molar refractivity (Wildman–Crippen MR) is 90.0 cm³/mol. The van der Waals surface area contributed by atoms with Crippen molar-refractivity contribution in [2.75, 3.05) is 25.0 Å². The molecule has 2 aromatic carbocycles. The van der Waals surface area contributed by atoms with Crippen molar-refractivity contribution in [2.45, 2.75) is 11.8 Å². The average molecular weight is 330 g/mol. The van der Waals surface area contributed by atoms with Crippen molar-refractivity contribution in [3.63, 3.8) is 0 Å². The van der Waals surface area contributed by atoms with E-state index in [1.54, 1.807) is 53.2 Å². The molecule has 120 valence electrons. The van der Waals surface area contributed by atoms with E-state index in [-0.39, 0.29) is 6.03 Å². The summed E-state index contributed by atoms with van der Waals surface area (Å²) in [5.41, 5.74) is 1.92. The van der Waals surface area contributed by atoms with Gasteiger partial charge >= 0.3 is 6.03 Å². The first-order chi connectivity index (χ1) is 11.0. The van der Waals surface area contributed by atoms with Gasteiger partial charge in [-0.3, -0.25) is 4.90 Å². The van der Waals surface area contributed by atoms with Gasteiger partial charge in [-0.15, -0.1) is 0 Å². The summed E-state index contributed by atoms with van der Waals surface area (Å²) in [6.45, 7) is 3.36. The molecule has 2 amide bonds. The summed E-state index contributed by atoms with van der Waals surface area (Å²) in [4.78, 5) is 15.9. The molecule has 1 aliphatic rings. The second kappa shape index (κ2) is 6.42. The van der Waals surface area contributed by atoms with Crippen LogP contribution in [0.2, 0.25) is 0 Å². The molecule has 0 aromatic heterocycles. The quantitative estimate of drug-likeness (QED) is 0.866. The zero-order valence-electron chi connectivity index (χ0n) is 13.1. The number of aryl methyl sites for hydroxylation is 1. The number of hydrogen-bond acceptors (Lipinski definition) is 3. The summed E-state index contributed by atoms with van der Waals surface area (Å²) in [5.74, 6) is 0.564. The Morgan fingerprint density at radius 1 is 1.00 bits per heavy atom. The van der Waals surface area contributed by atoms with E-state index in [2.05, 4.69) is 0 Å². The molecule has 23 heavy (non-hydrogen) atoms. The van der Waals surface area contributed by atoms with E-state index in [1.165, 1.54) is 0 Å². The lowest BCUT2D eigenvalue weighted by molar-refractivity contribution is 0.229. The van der Waals surface area contributed by atoms with Gasteiger partial charge in [-0.05, 0) is 43.3 Å². The Bertz CT molecular complexity index is 729. The monoisotopic (exact) mass is 330 g/mol. The number of benzene rings is 2. The number of nitrogens with zero attached hydrogens (tertiary/aromatic N) is 2. The van der Waals surface area contributed by atoms with Gasteiger partial charge in [0.25, 0.3) is 0 Å². The molecular weight excluding hydrogens is 312 g/mol. The molecule has 5 nitrogen and oxygen atoms in total. The van der Waals surface area contributed by atoms with Gasteiger partial charge < -0.3 is 9.08 Å². The summed E-state index contributed by atoms with van der Waals surface area (Å²) in [5, 5.41) is 0. The first-order valence-electron chi connectivity index (χ1n) is 7.34. The molecule has 0 spiro atoms. The molecule has 0 N–H and O–H groups in total. The van der Waals surface area contributed by atoms with Crippen LogP contribution in [0.4, 0.5) is 10.5 Å². The highest BCUT2D eigenvalue weighted by atomic mass is 32.2. The maximum absolute atomic E-state index is 12.2. The van der Waals surface area contributed by atoms with Crippen LogP contribution in [0.15, 0.2) is 53.4 Å². The van der Waals surface area contributed by atoms with Crippen molar-refractivity contribution < 1.29 is 13.2 Å².